The molecule has 0 unspecified atom stereocenters. The smallest absolute Gasteiger partial charge is 0.180 e. The largest absolute Gasteiger partial charge is 0.375 e. The van der Waals surface area contributed by atoms with Gasteiger partial charge in [0.2, 0.25) is 0 Å². The molecule has 0 atom stereocenters. The van der Waals surface area contributed by atoms with Crippen LogP contribution in [-0.4, -0.2) is 4.98 Å². The number of hydrogen-bond acceptors (Lipinski definition) is 4. The molecule has 0 aliphatic heterocycles. The van der Waals surface area contributed by atoms with Crippen LogP contribution in [0.15, 0.2) is 29.3 Å². The highest BCUT2D eigenvalue weighted by molar-refractivity contribution is 7.98. The van der Waals surface area contributed by atoms with Crippen molar-refractivity contribution < 1.29 is 0 Å². The van der Waals surface area contributed by atoms with Crippen LogP contribution in [0.25, 0.3) is 0 Å². The number of anilines is 1. The van der Waals surface area contributed by atoms with Crippen molar-refractivity contribution >= 4 is 28.2 Å². The van der Waals surface area contributed by atoms with Gasteiger partial charge in [-0.05, 0) is 37.1 Å². The molecule has 0 radical (unpaired) electrons. The van der Waals surface area contributed by atoms with Crippen molar-refractivity contribution in [1.29, 1.82) is 0 Å². The maximum atomic E-state index is 5.59. The first-order chi connectivity index (χ1) is 7.65. The van der Waals surface area contributed by atoms with Crippen molar-refractivity contribution in [3.8, 4) is 0 Å². The molecule has 0 fully saturated rings. The van der Waals surface area contributed by atoms with E-state index in [9.17, 15) is 0 Å². The van der Waals surface area contributed by atoms with Crippen molar-refractivity contribution in [1.82, 2.24) is 4.98 Å². The molecule has 1 aromatic heterocycles. The third-order valence-electron chi connectivity index (χ3n) is 2.43. The molecule has 2 nitrogen and oxygen atoms in total. The van der Waals surface area contributed by atoms with Crippen molar-refractivity contribution in [2.24, 2.45) is 0 Å². The molecule has 0 aliphatic rings. The first kappa shape index (κ1) is 11.5. The minimum absolute atomic E-state index is 0.649. The zero-order valence-corrected chi connectivity index (χ0v) is 11.0. The van der Waals surface area contributed by atoms with Gasteiger partial charge in [0.25, 0.3) is 0 Å². The van der Waals surface area contributed by atoms with E-state index in [1.165, 1.54) is 20.9 Å². The van der Waals surface area contributed by atoms with Crippen molar-refractivity contribution in [3.63, 3.8) is 0 Å². The predicted molar refractivity (Wildman–Crippen MR) is 72.0 cm³/mol. The van der Waals surface area contributed by atoms with E-state index >= 15 is 0 Å². The van der Waals surface area contributed by atoms with Gasteiger partial charge in [-0.3, -0.25) is 0 Å². The highest BCUT2D eigenvalue weighted by Gasteiger charge is 2.01. The molecule has 2 N–H and O–H groups in total. The highest BCUT2D eigenvalue weighted by Crippen LogP contribution is 2.27. The Morgan fingerprint density at radius 1 is 1.31 bits per heavy atom. The monoisotopic (exact) mass is 250 g/mol. The molecular formula is C12H14N2S2. The summed E-state index contributed by atoms with van der Waals surface area (Å²) in [6, 6.07) is 6.56. The Balaban J connectivity index is 2.02. The van der Waals surface area contributed by atoms with Gasteiger partial charge >= 0.3 is 0 Å². The van der Waals surface area contributed by atoms with Crippen LogP contribution in [0.4, 0.5) is 5.13 Å². The van der Waals surface area contributed by atoms with Gasteiger partial charge in [0.1, 0.15) is 0 Å². The third kappa shape index (κ3) is 2.77. The van der Waals surface area contributed by atoms with Crippen LogP contribution in [-0.2, 0) is 5.75 Å². The number of benzene rings is 1. The zero-order chi connectivity index (χ0) is 11.5. The Bertz CT molecular complexity index is 492. The maximum absolute atomic E-state index is 5.59. The molecule has 0 saturated heterocycles. The topological polar surface area (TPSA) is 38.9 Å². The van der Waals surface area contributed by atoms with Crippen LogP contribution >= 0.6 is 23.1 Å². The molecular weight excluding hydrogens is 236 g/mol. The summed E-state index contributed by atoms with van der Waals surface area (Å²) in [7, 11) is 0. The van der Waals surface area contributed by atoms with E-state index in [0.717, 1.165) is 5.75 Å². The van der Waals surface area contributed by atoms with Crippen molar-refractivity contribution in [2.45, 2.75) is 24.5 Å². The van der Waals surface area contributed by atoms with Crippen molar-refractivity contribution in [3.05, 3.63) is 40.4 Å². The van der Waals surface area contributed by atoms with Gasteiger partial charge in [-0.2, -0.15) is 0 Å². The summed E-state index contributed by atoms with van der Waals surface area (Å²) in [6.07, 6.45) is 1.86. The first-order valence-electron chi connectivity index (χ1n) is 5.05. The molecule has 84 valence electrons. The summed E-state index contributed by atoms with van der Waals surface area (Å²) in [4.78, 5) is 6.57. The van der Waals surface area contributed by atoms with Gasteiger partial charge in [0, 0.05) is 21.7 Å². The summed E-state index contributed by atoms with van der Waals surface area (Å²) < 4.78 is 0. The lowest BCUT2D eigenvalue weighted by Gasteiger charge is -2.03. The normalized spacial score (nSPS) is 10.6. The van der Waals surface area contributed by atoms with Crippen LogP contribution in [0.5, 0.6) is 0 Å². The summed E-state index contributed by atoms with van der Waals surface area (Å²) in [5, 5.41) is 0.649. The Morgan fingerprint density at radius 3 is 2.75 bits per heavy atom. The van der Waals surface area contributed by atoms with E-state index in [1.807, 2.05) is 18.0 Å². The van der Waals surface area contributed by atoms with Crippen LogP contribution < -0.4 is 5.73 Å². The number of thiazole rings is 1. The maximum Gasteiger partial charge on any atom is 0.180 e. The summed E-state index contributed by atoms with van der Waals surface area (Å²) in [5.41, 5.74) is 8.27. The number of aryl methyl sites for hydroxylation is 2. The Labute approximate surface area is 104 Å². The second kappa shape index (κ2) is 4.89. The number of thioether (sulfide) groups is 1. The number of aromatic nitrogens is 1. The van der Waals surface area contributed by atoms with E-state index in [1.54, 1.807) is 11.3 Å². The molecule has 0 aliphatic carbocycles. The number of nitrogens with two attached hydrogens (primary N) is 1. The van der Waals surface area contributed by atoms with Crippen LogP contribution in [0.2, 0.25) is 0 Å². The minimum Gasteiger partial charge on any atom is -0.375 e. The lowest BCUT2D eigenvalue weighted by molar-refractivity contribution is 1.27. The van der Waals surface area contributed by atoms with Gasteiger partial charge in [-0.25, -0.2) is 4.98 Å². The van der Waals surface area contributed by atoms with E-state index in [4.69, 9.17) is 5.73 Å². The lowest BCUT2D eigenvalue weighted by atomic mass is 10.1. The molecule has 0 bridgehead atoms. The Morgan fingerprint density at radius 2 is 2.12 bits per heavy atom. The molecule has 4 heteroatoms. The fraction of sp³-hybridized carbons (Fsp3) is 0.250. The van der Waals surface area contributed by atoms with Crippen molar-refractivity contribution in [2.75, 3.05) is 5.73 Å². The quantitative estimate of drug-likeness (QED) is 0.845. The number of rotatable bonds is 3. The first-order valence-corrected chi connectivity index (χ1v) is 6.85. The third-order valence-corrected chi connectivity index (χ3v) is 4.48. The molecule has 0 amide bonds. The molecule has 0 saturated carbocycles. The molecule has 2 aromatic rings. The fourth-order valence-electron chi connectivity index (χ4n) is 1.35. The second-order valence-electron chi connectivity index (χ2n) is 3.70. The van der Waals surface area contributed by atoms with E-state index in [-0.39, 0.29) is 0 Å². The summed E-state index contributed by atoms with van der Waals surface area (Å²) in [6.45, 7) is 4.28. The summed E-state index contributed by atoms with van der Waals surface area (Å²) in [5.74, 6) is 0.942. The number of nitrogen functional groups attached to an aromatic ring is 1. The van der Waals surface area contributed by atoms with Crippen LogP contribution in [0, 0.1) is 13.8 Å². The molecule has 1 heterocycles. The summed E-state index contributed by atoms with van der Waals surface area (Å²) >= 11 is 3.38. The van der Waals surface area contributed by atoms with E-state index in [0.29, 0.717) is 5.13 Å². The Kier molecular flexibility index (Phi) is 3.51. The molecule has 1 aromatic carbocycles. The molecule has 2 rings (SSSR count). The van der Waals surface area contributed by atoms with Crippen LogP contribution in [0.3, 0.4) is 0 Å². The van der Waals surface area contributed by atoms with Gasteiger partial charge in [0.05, 0.1) is 0 Å². The SMILES string of the molecule is Cc1ccc(SCc2cnc(N)s2)cc1C. The van der Waals surface area contributed by atoms with E-state index in [2.05, 4.69) is 37.0 Å². The molecule has 0 spiro atoms. The van der Waals surface area contributed by atoms with Crippen LogP contribution in [0.1, 0.15) is 16.0 Å². The Hall–Kier alpha value is -1.00. The van der Waals surface area contributed by atoms with Gasteiger partial charge in [0.15, 0.2) is 5.13 Å². The van der Waals surface area contributed by atoms with Gasteiger partial charge in [-0.1, -0.05) is 6.07 Å². The average molecular weight is 250 g/mol. The minimum atomic E-state index is 0.649. The molecule has 16 heavy (non-hydrogen) atoms. The second-order valence-corrected chi connectivity index (χ2v) is 5.90. The number of nitrogens with zero attached hydrogens (tertiary/aromatic N) is 1. The lowest BCUT2D eigenvalue weighted by Crippen LogP contribution is -1.81. The predicted octanol–water partition coefficient (Wildman–Crippen LogP) is 3.63. The number of hydrogen-bond donors (Lipinski definition) is 1. The highest BCUT2D eigenvalue weighted by atomic mass is 32.2. The zero-order valence-electron chi connectivity index (χ0n) is 9.36. The fourth-order valence-corrected chi connectivity index (χ4v) is 3.05. The standard InChI is InChI=1S/C12H14N2S2/c1-8-3-4-10(5-9(8)2)15-7-11-6-14-12(13)16-11/h3-6H,7H2,1-2H3,(H2,13,14). The average Bonchev–Trinajstić information content (AvgIpc) is 2.66. The van der Waals surface area contributed by atoms with Gasteiger partial charge < -0.3 is 5.73 Å². The van der Waals surface area contributed by atoms with E-state index < -0.39 is 0 Å². The van der Waals surface area contributed by atoms with Gasteiger partial charge in [-0.15, -0.1) is 23.1 Å².